The molecule has 0 spiro atoms. The Morgan fingerprint density at radius 3 is 2.90 bits per heavy atom. The Morgan fingerprint density at radius 2 is 2.20 bits per heavy atom. The van der Waals surface area contributed by atoms with Crippen LogP contribution in [0, 0.1) is 6.92 Å². The fourth-order valence-corrected chi connectivity index (χ4v) is 2.58. The highest BCUT2D eigenvalue weighted by molar-refractivity contribution is 7.99. The zero-order valence-corrected chi connectivity index (χ0v) is 12.2. The number of nitrogens with one attached hydrogen (secondary N) is 1. The van der Waals surface area contributed by atoms with Gasteiger partial charge in [-0.15, -0.1) is 0 Å². The number of hydrogen-bond acceptors (Lipinski definition) is 4. The second kappa shape index (κ2) is 7.19. The third-order valence-corrected chi connectivity index (χ3v) is 3.81. The van der Waals surface area contributed by atoms with E-state index in [9.17, 15) is 9.59 Å². The van der Waals surface area contributed by atoms with Crippen LogP contribution in [0.5, 0.6) is 5.75 Å². The third-order valence-electron chi connectivity index (χ3n) is 2.88. The van der Waals surface area contributed by atoms with Gasteiger partial charge in [-0.05, 0) is 24.6 Å². The molecule has 108 valence electrons. The predicted molar refractivity (Wildman–Crippen MR) is 79.1 cm³/mol. The molecular weight excluding hydrogens is 276 g/mol. The standard InChI is InChI=1S/C14H18N2O3S/c1-11-3-2-4-12(9-11)19-6-8-20-7-5-16-13(17)10-15-14(16)18/h2-4,9H,5-8,10H2,1H3,(H,15,18). The van der Waals surface area contributed by atoms with Gasteiger partial charge in [-0.2, -0.15) is 11.8 Å². The summed E-state index contributed by atoms with van der Waals surface area (Å²) in [6, 6.07) is 7.64. The summed E-state index contributed by atoms with van der Waals surface area (Å²) in [5.41, 5.74) is 1.17. The largest absolute Gasteiger partial charge is 0.493 e. The first-order chi connectivity index (χ1) is 9.66. The van der Waals surface area contributed by atoms with Crippen LogP contribution in [0.2, 0.25) is 0 Å². The highest BCUT2D eigenvalue weighted by Crippen LogP contribution is 2.13. The Morgan fingerprint density at radius 1 is 1.35 bits per heavy atom. The molecule has 5 nitrogen and oxygen atoms in total. The quantitative estimate of drug-likeness (QED) is 0.614. The molecule has 0 atom stereocenters. The molecule has 1 aliphatic rings. The van der Waals surface area contributed by atoms with E-state index in [1.807, 2.05) is 31.2 Å². The Bertz CT molecular complexity index is 477. The molecule has 1 aliphatic heterocycles. The van der Waals surface area contributed by atoms with Gasteiger partial charge in [-0.1, -0.05) is 12.1 Å². The van der Waals surface area contributed by atoms with Gasteiger partial charge >= 0.3 is 6.03 Å². The van der Waals surface area contributed by atoms with Crippen LogP contribution in [0.25, 0.3) is 0 Å². The van der Waals surface area contributed by atoms with Crippen LogP contribution in [0.4, 0.5) is 4.79 Å². The van der Waals surface area contributed by atoms with Crippen molar-refractivity contribution in [2.24, 2.45) is 0 Å². The number of urea groups is 1. The van der Waals surface area contributed by atoms with Crippen molar-refractivity contribution in [2.45, 2.75) is 6.92 Å². The molecular formula is C14H18N2O3S. The van der Waals surface area contributed by atoms with Gasteiger partial charge in [0.25, 0.3) is 0 Å². The van der Waals surface area contributed by atoms with Crippen molar-refractivity contribution in [2.75, 3.05) is 31.2 Å². The summed E-state index contributed by atoms with van der Waals surface area (Å²) in [5, 5.41) is 2.50. The first-order valence-corrected chi connectivity index (χ1v) is 7.68. The highest BCUT2D eigenvalue weighted by atomic mass is 32.2. The van der Waals surface area contributed by atoms with Crippen molar-refractivity contribution in [3.8, 4) is 5.75 Å². The summed E-state index contributed by atoms with van der Waals surface area (Å²) < 4.78 is 5.62. The lowest BCUT2D eigenvalue weighted by Crippen LogP contribution is -2.33. The monoisotopic (exact) mass is 294 g/mol. The predicted octanol–water partition coefficient (Wildman–Crippen LogP) is 1.66. The van der Waals surface area contributed by atoms with Gasteiger partial charge < -0.3 is 10.1 Å². The molecule has 0 aliphatic carbocycles. The van der Waals surface area contributed by atoms with Crippen LogP contribution < -0.4 is 10.1 Å². The Labute approximate surface area is 122 Å². The van der Waals surface area contributed by atoms with Gasteiger partial charge in [0.1, 0.15) is 5.75 Å². The summed E-state index contributed by atoms with van der Waals surface area (Å²) in [4.78, 5) is 23.9. The van der Waals surface area contributed by atoms with Gasteiger partial charge in [-0.25, -0.2) is 4.79 Å². The summed E-state index contributed by atoms with van der Waals surface area (Å²) in [6.45, 7) is 3.23. The van der Waals surface area contributed by atoms with E-state index in [-0.39, 0.29) is 18.5 Å². The van der Waals surface area contributed by atoms with Crippen LogP contribution in [-0.4, -0.2) is 48.0 Å². The molecule has 1 aromatic carbocycles. The molecule has 1 heterocycles. The maximum Gasteiger partial charge on any atom is 0.324 e. The minimum Gasteiger partial charge on any atom is -0.493 e. The van der Waals surface area contributed by atoms with E-state index in [1.165, 1.54) is 10.5 Å². The molecule has 0 saturated carbocycles. The van der Waals surface area contributed by atoms with Crippen molar-refractivity contribution >= 4 is 23.7 Å². The maximum atomic E-state index is 11.3. The number of carbonyl (C=O) groups excluding carboxylic acids is 2. The molecule has 0 radical (unpaired) electrons. The number of hydrogen-bond donors (Lipinski definition) is 1. The van der Waals surface area contributed by atoms with Crippen LogP contribution in [-0.2, 0) is 4.79 Å². The second-order valence-corrected chi connectivity index (χ2v) is 5.71. The summed E-state index contributed by atoms with van der Waals surface area (Å²) in [6.07, 6.45) is 0. The van der Waals surface area contributed by atoms with Crippen LogP contribution in [0.15, 0.2) is 24.3 Å². The van der Waals surface area contributed by atoms with Crippen molar-refractivity contribution in [3.05, 3.63) is 29.8 Å². The number of nitrogens with zero attached hydrogens (tertiary/aromatic N) is 1. The van der Waals surface area contributed by atoms with Gasteiger partial charge in [0.15, 0.2) is 0 Å². The summed E-state index contributed by atoms with van der Waals surface area (Å²) in [7, 11) is 0. The SMILES string of the molecule is Cc1cccc(OCCSCCN2C(=O)CNC2=O)c1. The maximum absolute atomic E-state index is 11.3. The number of rotatable bonds is 7. The Kier molecular flexibility index (Phi) is 5.29. The van der Waals surface area contributed by atoms with E-state index in [0.29, 0.717) is 13.2 Å². The van der Waals surface area contributed by atoms with Crippen molar-refractivity contribution in [1.29, 1.82) is 0 Å². The van der Waals surface area contributed by atoms with Crippen molar-refractivity contribution in [3.63, 3.8) is 0 Å². The number of ether oxygens (including phenoxy) is 1. The van der Waals surface area contributed by atoms with E-state index < -0.39 is 0 Å². The Balaban J connectivity index is 1.58. The molecule has 2 rings (SSSR count). The van der Waals surface area contributed by atoms with E-state index in [2.05, 4.69) is 5.32 Å². The highest BCUT2D eigenvalue weighted by Gasteiger charge is 2.27. The topological polar surface area (TPSA) is 58.6 Å². The summed E-state index contributed by atoms with van der Waals surface area (Å²) in [5.74, 6) is 2.29. The fourth-order valence-electron chi connectivity index (χ4n) is 1.86. The van der Waals surface area contributed by atoms with Gasteiger partial charge in [-0.3, -0.25) is 9.69 Å². The minimum absolute atomic E-state index is 0.125. The first-order valence-electron chi connectivity index (χ1n) is 6.52. The number of imide groups is 1. The molecule has 3 amide bonds. The molecule has 0 unspecified atom stereocenters. The van der Waals surface area contributed by atoms with Crippen LogP contribution in [0.3, 0.4) is 0 Å². The van der Waals surface area contributed by atoms with Crippen molar-refractivity contribution < 1.29 is 14.3 Å². The molecule has 20 heavy (non-hydrogen) atoms. The molecule has 0 bridgehead atoms. The number of benzene rings is 1. The molecule has 1 N–H and O–H groups in total. The molecule has 0 aromatic heterocycles. The van der Waals surface area contributed by atoms with E-state index in [0.717, 1.165) is 17.3 Å². The van der Waals surface area contributed by atoms with Crippen molar-refractivity contribution in [1.82, 2.24) is 10.2 Å². The zero-order valence-electron chi connectivity index (χ0n) is 11.4. The number of carbonyl (C=O) groups is 2. The van der Waals surface area contributed by atoms with Gasteiger partial charge in [0, 0.05) is 18.1 Å². The first kappa shape index (κ1) is 14.7. The lowest BCUT2D eigenvalue weighted by Gasteiger charge is -2.11. The normalized spacial score (nSPS) is 14.6. The fraction of sp³-hybridized carbons (Fsp3) is 0.429. The zero-order chi connectivity index (χ0) is 14.4. The summed E-state index contributed by atoms with van der Waals surface area (Å²) >= 11 is 1.67. The third kappa shape index (κ3) is 4.16. The van der Waals surface area contributed by atoms with Crippen LogP contribution in [0.1, 0.15) is 5.56 Å². The number of amides is 3. The van der Waals surface area contributed by atoms with E-state index in [4.69, 9.17) is 4.74 Å². The smallest absolute Gasteiger partial charge is 0.324 e. The number of thioether (sulfide) groups is 1. The molecule has 1 fully saturated rings. The van der Waals surface area contributed by atoms with E-state index in [1.54, 1.807) is 11.8 Å². The van der Waals surface area contributed by atoms with Gasteiger partial charge in [0.2, 0.25) is 5.91 Å². The van der Waals surface area contributed by atoms with Gasteiger partial charge in [0.05, 0.1) is 13.2 Å². The average molecular weight is 294 g/mol. The molecule has 6 heteroatoms. The number of aryl methyl sites for hydroxylation is 1. The van der Waals surface area contributed by atoms with E-state index >= 15 is 0 Å². The molecule has 1 aromatic rings. The Hall–Kier alpha value is -1.69. The van der Waals surface area contributed by atoms with Crippen LogP contribution >= 0.6 is 11.8 Å². The lowest BCUT2D eigenvalue weighted by atomic mass is 10.2. The average Bonchev–Trinajstić information content (AvgIpc) is 2.74. The second-order valence-electron chi connectivity index (χ2n) is 4.48. The lowest BCUT2D eigenvalue weighted by molar-refractivity contribution is -0.124. The molecule has 1 saturated heterocycles. The minimum atomic E-state index is -0.286.